The molecule has 0 bridgehead atoms. The van der Waals surface area contributed by atoms with Crippen molar-refractivity contribution in [2.45, 2.75) is 44.8 Å². The Morgan fingerprint density at radius 2 is 2.24 bits per heavy atom. The van der Waals surface area contributed by atoms with Crippen LogP contribution in [0.2, 0.25) is 0 Å². The third-order valence-corrected chi connectivity index (χ3v) is 5.64. The number of hydrogen-bond donors (Lipinski definition) is 1. The summed E-state index contributed by atoms with van der Waals surface area (Å²) >= 11 is 1.81. The Labute approximate surface area is 132 Å². The number of piperazine rings is 1. The van der Waals surface area contributed by atoms with Gasteiger partial charge in [-0.2, -0.15) is 0 Å². The zero-order valence-electron chi connectivity index (χ0n) is 12.8. The monoisotopic (exact) mass is 303 g/mol. The van der Waals surface area contributed by atoms with Gasteiger partial charge in [-0.3, -0.25) is 9.80 Å². The Morgan fingerprint density at radius 3 is 3.10 bits per heavy atom. The van der Waals surface area contributed by atoms with Gasteiger partial charge in [-0.1, -0.05) is 18.3 Å². The van der Waals surface area contributed by atoms with E-state index in [1.165, 1.54) is 43.8 Å². The predicted octanol–water partition coefficient (Wildman–Crippen LogP) is 2.12. The van der Waals surface area contributed by atoms with Crippen LogP contribution in [0.25, 0.3) is 0 Å². The van der Waals surface area contributed by atoms with Crippen LogP contribution in [0.15, 0.2) is 12.1 Å². The number of fused-ring (bicyclic) bond motifs is 1. The highest BCUT2D eigenvalue weighted by Crippen LogP contribution is 2.26. The van der Waals surface area contributed by atoms with Gasteiger partial charge in [0, 0.05) is 36.6 Å². The minimum Gasteiger partial charge on any atom is -0.320 e. The third kappa shape index (κ3) is 3.67. The van der Waals surface area contributed by atoms with Crippen molar-refractivity contribution in [3.63, 3.8) is 0 Å². The number of piperidine rings is 1. The van der Waals surface area contributed by atoms with E-state index >= 15 is 0 Å². The zero-order chi connectivity index (χ0) is 14.7. The molecule has 2 aliphatic heterocycles. The van der Waals surface area contributed by atoms with Gasteiger partial charge in [-0.15, -0.1) is 11.3 Å². The molecule has 0 radical (unpaired) electrons. The van der Waals surface area contributed by atoms with Gasteiger partial charge >= 0.3 is 0 Å². The Bertz CT molecular complexity index is 528. The van der Waals surface area contributed by atoms with E-state index in [0.717, 1.165) is 17.5 Å². The number of nitrogens with zero attached hydrogens (tertiary/aromatic N) is 2. The lowest BCUT2D eigenvalue weighted by atomic mass is 9.97. The van der Waals surface area contributed by atoms with Gasteiger partial charge < -0.3 is 5.73 Å². The second kappa shape index (κ2) is 6.93. The topological polar surface area (TPSA) is 32.5 Å². The Hall–Kier alpha value is -0.860. The molecule has 4 heteroatoms. The number of hydrogen-bond acceptors (Lipinski definition) is 4. The minimum absolute atomic E-state index is 0.438. The summed E-state index contributed by atoms with van der Waals surface area (Å²) in [5.74, 6) is 6.07. The van der Waals surface area contributed by atoms with E-state index in [1.807, 2.05) is 11.3 Å². The van der Waals surface area contributed by atoms with E-state index in [9.17, 15) is 0 Å². The highest BCUT2D eigenvalue weighted by molar-refractivity contribution is 7.12. The maximum atomic E-state index is 5.43. The van der Waals surface area contributed by atoms with Crippen LogP contribution >= 0.6 is 11.3 Å². The van der Waals surface area contributed by atoms with Gasteiger partial charge in [-0.05, 0) is 38.4 Å². The fourth-order valence-electron chi connectivity index (χ4n) is 3.50. The first kappa shape index (κ1) is 15.1. The van der Waals surface area contributed by atoms with Crippen LogP contribution < -0.4 is 5.73 Å². The minimum atomic E-state index is 0.438. The lowest BCUT2D eigenvalue weighted by molar-refractivity contribution is 0.0116. The Kier molecular flexibility index (Phi) is 4.97. The summed E-state index contributed by atoms with van der Waals surface area (Å²) in [5, 5.41) is 0. The summed E-state index contributed by atoms with van der Waals surface area (Å²) in [6.45, 7) is 7.64. The number of rotatable bonds is 2. The van der Waals surface area contributed by atoms with Crippen LogP contribution in [-0.4, -0.2) is 48.1 Å². The van der Waals surface area contributed by atoms with Crippen molar-refractivity contribution in [2.75, 3.05) is 26.2 Å². The molecule has 0 saturated carbocycles. The second-order valence-corrected chi connectivity index (χ2v) is 7.36. The fourth-order valence-corrected chi connectivity index (χ4v) is 4.41. The molecular weight excluding hydrogens is 278 g/mol. The Balaban J connectivity index is 1.62. The largest absolute Gasteiger partial charge is 0.320 e. The summed E-state index contributed by atoms with van der Waals surface area (Å²) in [7, 11) is 0. The van der Waals surface area contributed by atoms with E-state index in [2.05, 4.69) is 40.7 Å². The van der Waals surface area contributed by atoms with Gasteiger partial charge in [-0.25, -0.2) is 0 Å². The molecule has 114 valence electrons. The molecule has 2 aliphatic rings. The average Bonchev–Trinajstić information content (AvgIpc) is 2.93. The molecule has 0 aliphatic carbocycles. The predicted molar refractivity (Wildman–Crippen MR) is 89.3 cm³/mol. The fraction of sp³-hybridized carbons (Fsp3) is 0.647. The molecule has 2 saturated heterocycles. The van der Waals surface area contributed by atoms with Gasteiger partial charge in [0.15, 0.2) is 0 Å². The molecule has 2 atom stereocenters. The van der Waals surface area contributed by atoms with Crippen molar-refractivity contribution >= 4 is 11.3 Å². The average molecular weight is 303 g/mol. The lowest BCUT2D eigenvalue weighted by Gasteiger charge is -2.47. The van der Waals surface area contributed by atoms with Gasteiger partial charge in [0.05, 0.1) is 11.4 Å². The first-order valence-electron chi connectivity index (χ1n) is 8.02. The summed E-state index contributed by atoms with van der Waals surface area (Å²) in [6.07, 6.45) is 4.17. The first-order chi connectivity index (χ1) is 10.3. The normalized spacial score (nSPS) is 27.0. The van der Waals surface area contributed by atoms with Gasteiger partial charge in [0.1, 0.15) is 0 Å². The molecule has 1 aromatic rings. The molecule has 1 aromatic heterocycles. The van der Waals surface area contributed by atoms with Crippen LogP contribution in [0, 0.1) is 11.8 Å². The molecule has 2 N–H and O–H groups in total. The lowest BCUT2D eigenvalue weighted by Crippen LogP contribution is -2.58. The van der Waals surface area contributed by atoms with Crippen LogP contribution in [0.1, 0.15) is 35.9 Å². The molecule has 21 heavy (non-hydrogen) atoms. The van der Waals surface area contributed by atoms with Crippen molar-refractivity contribution in [3.05, 3.63) is 21.9 Å². The van der Waals surface area contributed by atoms with Gasteiger partial charge in [0.25, 0.3) is 0 Å². The van der Waals surface area contributed by atoms with Gasteiger partial charge in [0.2, 0.25) is 0 Å². The van der Waals surface area contributed by atoms with Crippen molar-refractivity contribution in [1.29, 1.82) is 0 Å². The molecule has 0 spiro atoms. The molecular formula is C17H25N3S. The highest BCUT2D eigenvalue weighted by atomic mass is 32.1. The maximum Gasteiger partial charge on any atom is 0.0772 e. The molecule has 0 amide bonds. The third-order valence-electron chi connectivity index (χ3n) is 4.65. The van der Waals surface area contributed by atoms with Crippen LogP contribution in [0.5, 0.6) is 0 Å². The standard InChI is InChI=1S/C17H25N3S/c1-14-11-19-10-3-2-5-15(19)12-20(14)13-17-8-7-16(21-17)6-4-9-18/h7-8,14-15H,2-3,5,9-13,18H2,1H3. The first-order valence-corrected chi connectivity index (χ1v) is 8.83. The summed E-state index contributed by atoms with van der Waals surface area (Å²) in [4.78, 5) is 7.92. The maximum absolute atomic E-state index is 5.43. The van der Waals surface area contributed by atoms with Crippen LogP contribution in [0.3, 0.4) is 0 Å². The number of thiophene rings is 1. The summed E-state index contributed by atoms with van der Waals surface area (Å²) < 4.78 is 0. The molecule has 3 rings (SSSR count). The van der Waals surface area contributed by atoms with Crippen molar-refractivity contribution in [3.8, 4) is 11.8 Å². The molecule has 0 aromatic carbocycles. The quantitative estimate of drug-likeness (QED) is 0.850. The molecule has 2 unspecified atom stereocenters. The van der Waals surface area contributed by atoms with Crippen molar-refractivity contribution < 1.29 is 0 Å². The molecule has 3 heterocycles. The van der Waals surface area contributed by atoms with E-state index in [0.29, 0.717) is 12.6 Å². The summed E-state index contributed by atoms with van der Waals surface area (Å²) in [5.41, 5.74) is 5.43. The van der Waals surface area contributed by atoms with Crippen LogP contribution in [-0.2, 0) is 6.54 Å². The second-order valence-electron chi connectivity index (χ2n) is 6.19. The van der Waals surface area contributed by atoms with E-state index < -0.39 is 0 Å². The van der Waals surface area contributed by atoms with Crippen LogP contribution in [0.4, 0.5) is 0 Å². The van der Waals surface area contributed by atoms with Crippen molar-refractivity contribution in [1.82, 2.24) is 9.80 Å². The highest BCUT2D eigenvalue weighted by Gasteiger charge is 2.32. The van der Waals surface area contributed by atoms with Crippen molar-refractivity contribution in [2.24, 2.45) is 5.73 Å². The van der Waals surface area contributed by atoms with E-state index in [1.54, 1.807) is 0 Å². The Morgan fingerprint density at radius 1 is 1.33 bits per heavy atom. The number of nitrogens with two attached hydrogens (primary N) is 1. The molecule has 3 nitrogen and oxygen atoms in total. The summed E-state index contributed by atoms with van der Waals surface area (Å²) in [6, 6.07) is 5.79. The smallest absolute Gasteiger partial charge is 0.0772 e. The van der Waals surface area contributed by atoms with E-state index in [-0.39, 0.29) is 0 Å². The SMILES string of the molecule is CC1CN2CCCCC2CN1Cc1ccc(C#CCN)s1. The van der Waals surface area contributed by atoms with E-state index in [4.69, 9.17) is 5.73 Å². The zero-order valence-corrected chi connectivity index (χ0v) is 13.7. The molecule has 2 fully saturated rings.